The fourth-order valence-corrected chi connectivity index (χ4v) is 2.13. The van der Waals surface area contributed by atoms with Crippen LogP contribution in [0.3, 0.4) is 0 Å². The summed E-state index contributed by atoms with van der Waals surface area (Å²) in [5.74, 6) is 0.784. The molecule has 0 atom stereocenters. The van der Waals surface area contributed by atoms with E-state index in [4.69, 9.17) is 9.26 Å². The summed E-state index contributed by atoms with van der Waals surface area (Å²) in [6.07, 6.45) is 3.15. The number of methoxy groups -OCH3 is 1. The van der Waals surface area contributed by atoms with Crippen LogP contribution < -0.4 is 10.1 Å². The van der Waals surface area contributed by atoms with E-state index in [0.717, 1.165) is 16.9 Å². The number of ether oxygens (including phenoxy) is 1. The van der Waals surface area contributed by atoms with Crippen molar-refractivity contribution in [1.29, 1.82) is 0 Å². The number of hydrogen-bond donors (Lipinski definition) is 1. The Bertz CT molecular complexity index is 837. The average molecular weight is 320 g/mol. The van der Waals surface area contributed by atoms with Gasteiger partial charge in [0.15, 0.2) is 0 Å². The number of carbonyl (C=O) groups is 1. The van der Waals surface area contributed by atoms with Crippen molar-refractivity contribution in [3.05, 3.63) is 72.3 Å². The third-order valence-electron chi connectivity index (χ3n) is 3.37. The topological polar surface area (TPSA) is 64.4 Å². The van der Waals surface area contributed by atoms with Gasteiger partial charge in [-0.1, -0.05) is 47.6 Å². The lowest BCUT2D eigenvalue weighted by Gasteiger charge is -1.99. The number of anilines is 1. The van der Waals surface area contributed by atoms with Crippen LogP contribution in [-0.2, 0) is 4.79 Å². The van der Waals surface area contributed by atoms with E-state index in [9.17, 15) is 4.79 Å². The lowest BCUT2D eigenvalue weighted by molar-refractivity contribution is -0.112. The summed E-state index contributed by atoms with van der Waals surface area (Å²) in [5.41, 5.74) is 2.49. The highest BCUT2D eigenvalue weighted by molar-refractivity contribution is 6.01. The van der Waals surface area contributed by atoms with Gasteiger partial charge in [-0.05, 0) is 23.8 Å². The summed E-state index contributed by atoms with van der Waals surface area (Å²) >= 11 is 0. The number of aromatic nitrogens is 1. The number of amides is 1. The molecule has 120 valence electrons. The van der Waals surface area contributed by atoms with E-state index in [1.54, 1.807) is 19.3 Å². The molecule has 5 nitrogen and oxygen atoms in total. The summed E-state index contributed by atoms with van der Waals surface area (Å²) in [5, 5.41) is 6.59. The van der Waals surface area contributed by atoms with Gasteiger partial charge in [-0.25, -0.2) is 0 Å². The van der Waals surface area contributed by atoms with Crippen LogP contribution in [0.1, 0.15) is 5.56 Å². The fourth-order valence-electron chi connectivity index (χ4n) is 2.13. The quantitative estimate of drug-likeness (QED) is 0.722. The van der Waals surface area contributed by atoms with Gasteiger partial charge in [0.05, 0.1) is 7.11 Å². The first kappa shape index (κ1) is 15.6. The fraction of sp³-hybridized carbons (Fsp3) is 0.0526. The molecule has 0 fully saturated rings. The third kappa shape index (κ3) is 3.89. The normalized spacial score (nSPS) is 10.7. The molecule has 0 bridgehead atoms. The van der Waals surface area contributed by atoms with Crippen molar-refractivity contribution in [1.82, 2.24) is 5.16 Å². The third-order valence-corrected chi connectivity index (χ3v) is 3.37. The predicted octanol–water partition coefficient (Wildman–Crippen LogP) is 4.00. The Kier molecular flexibility index (Phi) is 4.72. The van der Waals surface area contributed by atoms with Gasteiger partial charge in [-0.15, -0.1) is 0 Å². The Balaban J connectivity index is 1.62. The van der Waals surface area contributed by atoms with Gasteiger partial charge in [0.25, 0.3) is 5.91 Å². The molecule has 0 aliphatic heterocycles. The molecule has 1 aromatic heterocycles. The second kappa shape index (κ2) is 7.28. The van der Waals surface area contributed by atoms with Crippen molar-refractivity contribution >= 4 is 17.9 Å². The lowest BCUT2D eigenvalue weighted by atomic mass is 10.1. The Morgan fingerprint density at radius 3 is 2.58 bits per heavy atom. The maximum Gasteiger partial charge on any atom is 0.250 e. The van der Waals surface area contributed by atoms with Gasteiger partial charge in [-0.3, -0.25) is 10.1 Å². The second-order valence-corrected chi connectivity index (χ2v) is 5.04. The molecule has 0 spiro atoms. The van der Waals surface area contributed by atoms with Crippen molar-refractivity contribution in [3.8, 4) is 17.0 Å². The molecule has 3 aromatic rings. The van der Waals surface area contributed by atoms with Crippen LogP contribution in [0.4, 0.5) is 5.88 Å². The van der Waals surface area contributed by atoms with E-state index in [2.05, 4.69) is 10.5 Å². The maximum absolute atomic E-state index is 11.9. The molecule has 0 saturated heterocycles. The van der Waals surface area contributed by atoms with Gasteiger partial charge >= 0.3 is 0 Å². The van der Waals surface area contributed by atoms with Crippen molar-refractivity contribution < 1.29 is 14.1 Å². The Hall–Kier alpha value is -3.34. The molecule has 0 unspecified atom stereocenters. The Morgan fingerprint density at radius 1 is 1.12 bits per heavy atom. The first-order valence-corrected chi connectivity index (χ1v) is 7.40. The predicted molar refractivity (Wildman–Crippen MR) is 92.6 cm³/mol. The molecule has 2 aromatic carbocycles. The van der Waals surface area contributed by atoms with Crippen molar-refractivity contribution in [2.24, 2.45) is 0 Å². The van der Waals surface area contributed by atoms with Crippen LogP contribution in [0.2, 0.25) is 0 Å². The molecular formula is C19H16N2O3. The summed E-state index contributed by atoms with van der Waals surface area (Å²) in [6.45, 7) is 0. The van der Waals surface area contributed by atoms with E-state index in [1.807, 2.05) is 54.6 Å². The van der Waals surface area contributed by atoms with Crippen LogP contribution in [0, 0.1) is 0 Å². The van der Waals surface area contributed by atoms with Crippen LogP contribution in [-0.4, -0.2) is 18.2 Å². The number of hydrogen-bond acceptors (Lipinski definition) is 4. The molecule has 0 saturated carbocycles. The lowest BCUT2D eigenvalue weighted by Crippen LogP contribution is -2.06. The minimum absolute atomic E-state index is 0.290. The zero-order chi connectivity index (χ0) is 16.8. The SMILES string of the molecule is COc1ccc(C=CC(=O)Nc2cc(-c3ccccc3)no2)cc1. The first-order chi connectivity index (χ1) is 11.7. The van der Waals surface area contributed by atoms with Gasteiger partial charge in [-0.2, -0.15) is 0 Å². The molecule has 0 radical (unpaired) electrons. The Labute approximate surface area is 139 Å². The van der Waals surface area contributed by atoms with Gasteiger partial charge < -0.3 is 9.26 Å². The van der Waals surface area contributed by atoms with Gasteiger partial charge in [0.2, 0.25) is 5.88 Å². The molecule has 1 heterocycles. The van der Waals surface area contributed by atoms with E-state index >= 15 is 0 Å². The van der Waals surface area contributed by atoms with Crippen LogP contribution >= 0.6 is 0 Å². The summed E-state index contributed by atoms with van der Waals surface area (Å²) in [4.78, 5) is 11.9. The molecule has 0 aliphatic rings. The highest BCUT2D eigenvalue weighted by Gasteiger charge is 2.07. The number of carbonyl (C=O) groups excluding carboxylic acids is 1. The minimum Gasteiger partial charge on any atom is -0.497 e. The first-order valence-electron chi connectivity index (χ1n) is 7.40. The summed E-state index contributed by atoms with van der Waals surface area (Å²) in [6, 6.07) is 18.7. The minimum atomic E-state index is -0.290. The summed E-state index contributed by atoms with van der Waals surface area (Å²) < 4.78 is 10.2. The molecule has 24 heavy (non-hydrogen) atoms. The molecule has 3 rings (SSSR count). The molecule has 5 heteroatoms. The number of nitrogens with one attached hydrogen (secondary N) is 1. The van der Waals surface area contributed by atoms with Crippen LogP contribution in [0.15, 0.2) is 71.3 Å². The van der Waals surface area contributed by atoms with Gasteiger partial charge in [0.1, 0.15) is 11.4 Å². The second-order valence-electron chi connectivity index (χ2n) is 5.04. The molecular weight excluding hydrogens is 304 g/mol. The molecule has 1 amide bonds. The van der Waals surface area contributed by atoms with Crippen molar-refractivity contribution in [3.63, 3.8) is 0 Å². The van der Waals surface area contributed by atoms with E-state index in [-0.39, 0.29) is 5.91 Å². The largest absolute Gasteiger partial charge is 0.497 e. The zero-order valence-corrected chi connectivity index (χ0v) is 13.1. The van der Waals surface area contributed by atoms with E-state index in [1.165, 1.54) is 6.08 Å². The standard InChI is InChI=1S/C19H16N2O3/c1-23-16-10-7-14(8-11-16)9-12-18(22)20-19-13-17(21-24-19)15-5-3-2-4-6-15/h2-13H,1H3,(H,20,22). The average Bonchev–Trinajstić information content (AvgIpc) is 3.09. The maximum atomic E-state index is 11.9. The zero-order valence-electron chi connectivity index (χ0n) is 13.1. The number of nitrogens with zero attached hydrogens (tertiary/aromatic N) is 1. The van der Waals surface area contributed by atoms with Crippen LogP contribution in [0.5, 0.6) is 5.75 Å². The van der Waals surface area contributed by atoms with Crippen molar-refractivity contribution in [2.45, 2.75) is 0 Å². The molecule has 1 N–H and O–H groups in total. The summed E-state index contributed by atoms with van der Waals surface area (Å²) in [7, 11) is 1.61. The van der Waals surface area contributed by atoms with Crippen molar-refractivity contribution in [2.75, 3.05) is 12.4 Å². The number of benzene rings is 2. The smallest absolute Gasteiger partial charge is 0.250 e. The van der Waals surface area contributed by atoms with Crippen LogP contribution in [0.25, 0.3) is 17.3 Å². The highest BCUT2D eigenvalue weighted by Crippen LogP contribution is 2.21. The monoisotopic (exact) mass is 320 g/mol. The highest BCUT2D eigenvalue weighted by atomic mass is 16.5. The number of rotatable bonds is 5. The van der Waals surface area contributed by atoms with Gasteiger partial charge in [0, 0.05) is 17.7 Å². The molecule has 0 aliphatic carbocycles. The van der Waals surface area contributed by atoms with E-state index in [0.29, 0.717) is 11.6 Å². The Morgan fingerprint density at radius 2 is 1.88 bits per heavy atom. The van der Waals surface area contributed by atoms with E-state index < -0.39 is 0 Å².